The molecule has 0 aliphatic rings. The molecule has 0 atom stereocenters. The van der Waals surface area contributed by atoms with E-state index in [0.29, 0.717) is 28.5 Å². The summed E-state index contributed by atoms with van der Waals surface area (Å²) in [5, 5.41) is 22.0. The first-order chi connectivity index (χ1) is 13.7. The van der Waals surface area contributed by atoms with Crippen LogP contribution in [0.25, 0.3) is 17.1 Å². The molecule has 0 saturated heterocycles. The van der Waals surface area contributed by atoms with Gasteiger partial charge in [0.05, 0.1) is 7.11 Å². The highest BCUT2D eigenvalue weighted by Crippen LogP contribution is 2.24. The molecule has 1 N–H and O–H groups in total. The van der Waals surface area contributed by atoms with Crippen LogP contribution in [0.15, 0.2) is 55.1 Å². The zero-order valence-corrected chi connectivity index (χ0v) is 15.1. The molecule has 0 aliphatic carbocycles. The number of carbonyl (C=O) groups is 1. The van der Waals surface area contributed by atoms with Crippen molar-refractivity contribution < 1.29 is 9.53 Å². The van der Waals surface area contributed by atoms with Gasteiger partial charge in [0.15, 0.2) is 5.82 Å². The maximum absolute atomic E-state index is 12.8. The summed E-state index contributed by atoms with van der Waals surface area (Å²) in [6.07, 6.45) is 3.06. The van der Waals surface area contributed by atoms with Gasteiger partial charge < -0.3 is 14.6 Å². The standard InChI is InChI=1S/C18H16N8O2/c1-25-10-19-22-17(25)12-4-3-5-14(8-12)21-18(27)13-6-7-16(28-2)15(9-13)26-11-20-23-24-26/h3-11H,1-2H3,(H,21,27). The number of methoxy groups -OCH3 is 1. The molecule has 140 valence electrons. The zero-order valence-electron chi connectivity index (χ0n) is 15.1. The molecule has 10 nitrogen and oxygen atoms in total. The zero-order chi connectivity index (χ0) is 19.5. The van der Waals surface area contributed by atoms with E-state index in [0.717, 1.165) is 5.56 Å². The lowest BCUT2D eigenvalue weighted by molar-refractivity contribution is 0.102. The van der Waals surface area contributed by atoms with E-state index < -0.39 is 0 Å². The van der Waals surface area contributed by atoms with Crippen LogP contribution in [0.5, 0.6) is 5.75 Å². The number of hydrogen-bond donors (Lipinski definition) is 1. The van der Waals surface area contributed by atoms with Crippen molar-refractivity contribution in [2.24, 2.45) is 7.05 Å². The molecule has 2 aromatic heterocycles. The minimum Gasteiger partial charge on any atom is -0.494 e. The summed E-state index contributed by atoms with van der Waals surface area (Å²) < 4.78 is 8.57. The fraction of sp³-hybridized carbons (Fsp3) is 0.111. The molecular formula is C18H16N8O2. The summed E-state index contributed by atoms with van der Waals surface area (Å²) in [7, 11) is 3.40. The van der Waals surface area contributed by atoms with Crippen molar-refractivity contribution in [1.82, 2.24) is 35.0 Å². The minimum atomic E-state index is -0.271. The molecule has 0 saturated carbocycles. The Morgan fingerprint density at radius 3 is 2.71 bits per heavy atom. The fourth-order valence-electron chi connectivity index (χ4n) is 2.77. The molecule has 0 spiro atoms. The van der Waals surface area contributed by atoms with Gasteiger partial charge in [0.2, 0.25) is 0 Å². The Morgan fingerprint density at radius 2 is 2.00 bits per heavy atom. The van der Waals surface area contributed by atoms with E-state index >= 15 is 0 Å². The lowest BCUT2D eigenvalue weighted by Gasteiger charge is -2.11. The molecule has 0 aliphatic heterocycles. The van der Waals surface area contributed by atoms with Crippen molar-refractivity contribution in [1.29, 1.82) is 0 Å². The van der Waals surface area contributed by atoms with Crippen LogP contribution in [0.4, 0.5) is 5.69 Å². The highest BCUT2D eigenvalue weighted by atomic mass is 16.5. The number of aryl methyl sites for hydroxylation is 1. The van der Waals surface area contributed by atoms with E-state index in [-0.39, 0.29) is 5.91 Å². The Kier molecular flexibility index (Phi) is 4.50. The van der Waals surface area contributed by atoms with Crippen molar-refractivity contribution in [2.75, 3.05) is 12.4 Å². The predicted octanol–water partition coefficient (Wildman–Crippen LogP) is 1.72. The summed E-state index contributed by atoms with van der Waals surface area (Å²) in [6, 6.07) is 12.4. The second kappa shape index (κ2) is 7.27. The van der Waals surface area contributed by atoms with Gasteiger partial charge in [0.25, 0.3) is 5.91 Å². The molecular weight excluding hydrogens is 360 g/mol. The third-order valence-electron chi connectivity index (χ3n) is 4.13. The number of ether oxygens (including phenoxy) is 1. The minimum absolute atomic E-state index is 0.271. The second-order valence-electron chi connectivity index (χ2n) is 5.94. The third-order valence-corrected chi connectivity index (χ3v) is 4.13. The number of rotatable bonds is 5. The van der Waals surface area contributed by atoms with E-state index in [1.165, 1.54) is 11.0 Å². The van der Waals surface area contributed by atoms with Crippen LogP contribution in [0.2, 0.25) is 0 Å². The number of anilines is 1. The quantitative estimate of drug-likeness (QED) is 0.564. The van der Waals surface area contributed by atoms with Crippen LogP contribution >= 0.6 is 0 Å². The molecule has 0 radical (unpaired) electrons. The molecule has 0 bridgehead atoms. The molecule has 2 aromatic carbocycles. The summed E-state index contributed by atoms with van der Waals surface area (Å²) in [4.78, 5) is 12.8. The van der Waals surface area contributed by atoms with E-state index in [2.05, 4.69) is 31.0 Å². The smallest absolute Gasteiger partial charge is 0.255 e. The van der Waals surface area contributed by atoms with Gasteiger partial charge >= 0.3 is 0 Å². The monoisotopic (exact) mass is 376 g/mol. The van der Waals surface area contributed by atoms with Crippen LogP contribution in [0.3, 0.4) is 0 Å². The van der Waals surface area contributed by atoms with Gasteiger partial charge in [0.1, 0.15) is 24.1 Å². The van der Waals surface area contributed by atoms with Gasteiger partial charge in [-0.3, -0.25) is 4.79 Å². The van der Waals surface area contributed by atoms with Gasteiger partial charge in [-0.05, 0) is 40.8 Å². The van der Waals surface area contributed by atoms with Gasteiger partial charge in [-0.25, -0.2) is 0 Å². The van der Waals surface area contributed by atoms with Crippen LogP contribution in [0.1, 0.15) is 10.4 Å². The SMILES string of the molecule is COc1ccc(C(=O)Nc2cccc(-c3nncn3C)c2)cc1-n1cnnn1. The molecule has 4 aromatic rings. The number of carbonyl (C=O) groups excluding carboxylic acids is 1. The molecule has 1 amide bonds. The van der Waals surface area contributed by atoms with Crippen molar-refractivity contribution in [3.05, 3.63) is 60.7 Å². The van der Waals surface area contributed by atoms with Gasteiger partial charge in [0, 0.05) is 23.9 Å². The van der Waals surface area contributed by atoms with Gasteiger partial charge in [-0.15, -0.1) is 15.3 Å². The summed E-state index contributed by atoms with van der Waals surface area (Å²) in [6.45, 7) is 0. The van der Waals surface area contributed by atoms with Crippen molar-refractivity contribution in [3.8, 4) is 22.8 Å². The maximum Gasteiger partial charge on any atom is 0.255 e. The highest BCUT2D eigenvalue weighted by molar-refractivity contribution is 6.05. The van der Waals surface area contributed by atoms with Gasteiger partial charge in [-0.1, -0.05) is 12.1 Å². The molecule has 4 rings (SSSR count). The number of nitrogens with zero attached hydrogens (tertiary/aromatic N) is 7. The first kappa shape index (κ1) is 17.3. The average molecular weight is 376 g/mol. The van der Waals surface area contributed by atoms with E-state index in [1.807, 2.05) is 35.9 Å². The number of aromatic nitrogens is 7. The lowest BCUT2D eigenvalue weighted by Crippen LogP contribution is -2.13. The largest absolute Gasteiger partial charge is 0.494 e. The molecule has 10 heteroatoms. The normalized spacial score (nSPS) is 10.6. The Bertz CT molecular complexity index is 1120. The topological polar surface area (TPSA) is 113 Å². The number of benzene rings is 2. The molecule has 0 unspecified atom stereocenters. The summed E-state index contributed by atoms with van der Waals surface area (Å²) in [5.74, 6) is 0.988. The third kappa shape index (κ3) is 3.30. The number of hydrogen-bond acceptors (Lipinski definition) is 7. The fourth-order valence-corrected chi connectivity index (χ4v) is 2.77. The first-order valence-electron chi connectivity index (χ1n) is 8.33. The first-order valence-corrected chi connectivity index (χ1v) is 8.33. The highest BCUT2D eigenvalue weighted by Gasteiger charge is 2.13. The average Bonchev–Trinajstić information content (AvgIpc) is 3.39. The number of nitrogens with one attached hydrogen (secondary N) is 1. The molecule has 28 heavy (non-hydrogen) atoms. The van der Waals surface area contributed by atoms with Crippen molar-refractivity contribution >= 4 is 11.6 Å². The summed E-state index contributed by atoms with van der Waals surface area (Å²) in [5.41, 5.74) is 2.50. The van der Waals surface area contributed by atoms with E-state index in [4.69, 9.17) is 4.74 Å². The van der Waals surface area contributed by atoms with Crippen LogP contribution < -0.4 is 10.1 Å². The van der Waals surface area contributed by atoms with Crippen LogP contribution in [-0.4, -0.2) is 48.0 Å². The van der Waals surface area contributed by atoms with E-state index in [9.17, 15) is 4.79 Å². The van der Waals surface area contributed by atoms with Gasteiger partial charge in [-0.2, -0.15) is 4.68 Å². The number of amides is 1. The van der Waals surface area contributed by atoms with Crippen LogP contribution in [0, 0.1) is 0 Å². The molecule has 0 fully saturated rings. The van der Waals surface area contributed by atoms with Crippen molar-refractivity contribution in [2.45, 2.75) is 0 Å². The summed E-state index contributed by atoms with van der Waals surface area (Å²) >= 11 is 0. The Morgan fingerprint density at radius 1 is 1.11 bits per heavy atom. The Balaban J connectivity index is 1.61. The predicted molar refractivity (Wildman–Crippen MR) is 100 cm³/mol. The Hall–Kier alpha value is -4.08. The van der Waals surface area contributed by atoms with Crippen molar-refractivity contribution in [3.63, 3.8) is 0 Å². The second-order valence-corrected chi connectivity index (χ2v) is 5.94. The molecule has 2 heterocycles. The van der Waals surface area contributed by atoms with Crippen LogP contribution in [-0.2, 0) is 7.05 Å². The van der Waals surface area contributed by atoms with E-state index in [1.54, 1.807) is 31.6 Å². The number of tetrazole rings is 1. The lowest BCUT2D eigenvalue weighted by atomic mass is 10.1. The maximum atomic E-state index is 12.8. The Labute approximate surface area is 159 Å².